The number of hydrogen-bond donors (Lipinski definition) is 2. The number of carbonyl (C=O) groups is 2. The first-order chi connectivity index (χ1) is 18.4. The van der Waals surface area contributed by atoms with Gasteiger partial charge in [-0.15, -0.1) is 0 Å². The Morgan fingerprint density at radius 1 is 0.842 bits per heavy atom. The van der Waals surface area contributed by atoms with Gasteiger partial charge < -0.3 is 24.1 Å². The Morgan fingerprint density at radius 2 is 1.47 bits per heavy atom. The lowest BCUT2D eigenvalue weighted by Crippen LogP contribution is -2.17. The molecule has 3 aromatic carbocycles. The molecule has 0 bridgehead atoms. The largest absolute Gasteiger partial charge is 0.490 e. The van der Waals surface area contributed by atoms with Crippen molar-refractivity contribution in [1.29, 1.82) is 0 Å². The van der Waals surface area contributed by atoms with E-state index in [1.165, 1.54) is 18.3 Å². The van der Waals surface area contributed by atoms with Gasteiger partial charge >= 0.3 is 5.97 Å². The first-order valence-corrected chi connectivity index (χ1v) is 13.1. The summed E-state index contributed by atoms with van der Waals surface area (Å²) in [6, 6.07) is 15.1. The minimum absolute atomic E-state index is 0.214. The summed E-state index contributed by atoms with van der Waals surface area (Å²) in [5.41, 5.74) is 4.66. The predicted octanol–water partition coefficient (Wildman–Crippen LogP) is 5.53. The van der Waals surface area contributed by atoms with E-state index >= 15 is 0 Å². The molecule has 0 aliphatic heterocycles. The molecule has 2 N–H and O–H groups in total. The van der Waals surface area contributed by atoms with Crippen molar-refractivity contribution in [1.82, 2.24) is 5.43 Å². The van der Waals surface area contributed by atoms with Crippen molar-refractivity contribution in [2.24, 2.45) is 5.10 Å². The van der Waals surface area contributed by atoms with Gasteiger partial charge in [-0.3, -0.25) is 4.79 Å². The number of amides is 1. The van der Waals surface area contributed by atoms with Gasteiger partial charge in [0.15, 0.2) is 23.0 Å². The molecule has 3 aromatic rings. The third-order valence-electron chi connectivity index (χ3n) is 5.10. The molecule has 1 amide bonds. The summed E-state index contributed by atoms with van der Waals surface area (Å²) in [7, 11) is 0. The normalized spacial score (nSPS) is 10.7. The average Bonchev–Trinajstić information content (AvgIpc) is 2.90. The Bertz CT molecular complexity index is 1290. The van der Waals surface area contributed by atoms with Crippen LogP contribution in [0, 0.1) is 3.57 Å². The van der Waals surface area contributed by atoms with E-state index in [1.807, 2.05) is 26.8 Å². The van der Waals surface area contributed by atoms with Crippen molar-refractivity contribution >= 4 is 40.7 Å². The molecule has 0 spiro atoms. The maximum Gasteiger partial charge on any atom is 0.335 e. The molecule has 3 rings (SSSR count). The zero-order valence-electron chi connectivity index (χ0n) is 21.3. The van der Waals surface area contributed by atoms with E-state index in [2.05, 4.69) is 33.1 Å². The van der Waals surface area contributed by atoms with Crippen molar-refractivity contribution in [2.75, 3.05) is 19.8 Å². The summed E-state index contributed by atoms with van der Waals surface area (Å²) in [4.78, 5) is 23.7. The molecule has 0 unspecified atom stereocenters. The molecule has 9 nitrogen and oxygen atoms in total. The van der Waals surface area contributed by atoms with E-state index in [-0.39, 0.29) is 18.1 Å². The fraction of sp³-hybridized carbons (Fsp3) is 0.250. The molecule has 0 saturated carbocycles. The van der Waals surface area contributed by atoms with Crippen LogP contribution in [-0.4, -0.2) is 43.0 Å². The number of nitrogens with one attached hydrogen (secondary N) is 1. The van der Waals surface area contributed by atoms with Crippen LogP contribution in [0.15, 0.2) is 59.7 Å². The Hall–Kier alpha value is -3.80. The molecular weight excluding hydrogens is 603 g/mol. The van der Waals surface area contributed by atoms with Gasteiger partial charge in [0, 0.05) is 5.56 Å². The first kappa shape index (κ1) is 28.8. The quantitative estimate of drug-likeness (QED) is 0.145. The lowest BCUT2D eigenvalue weighted by molar-refractivity contribution is 0.0696. The minimum atomic E-state index is -0.978. The molecule has 0 aliphatic rings. The van der Waals surface area contributed by atoms with Gasteiger partial charge in [-0.2, -0.15) is 5.10 Å². The van der Waals surface area contributed by atoms with Crippen LogP contribution in [-0.2, 0) is 6.61 Å². The number of hydrogen-bond acceptors (Lipinski definition) is 7. The number of benzene rings is 3. The fourth-order valence-electron chi connectivity index (χ4n) is 3.39. The second-order valence-electron chi connectivity index (χ2n) is 7.78. The summed E-state index contributed by atoms with van der Waals surface area (Å²) in [6.07, 6.45) is 1.52. The number of halogens is 1. The number of aromatic carboxylic acids is 1. The zero-order chi connectivity index (χ0) is 27.5. The Morgan fingerprint density at radius 3 is 2.13 bits per heavy atom. The molecule has 200 valence electrons. The molecule has 0 atom stereocenters. The second-order valence-corrected chi connectivity index (χ2v) is 8.94. The van der Waals surface area contributed by atoms with Gasteiger partial charge in [-0.25, -0.2) is 10.2 Å². The van der Waals surface area contributed by atoms with Crippen molar-refractivity contribution in [3.05, 3.63) is 80.4 Å². The van der Waals surface area contributed by atoms with Crippen molar-refractivity contribution in [3.63, 3.8) is 0 Å². The van der Waals surface area contributed by atoms with Crippen molar-refractivity contribution < 1.29 is 33.6 Å². The zero-order valence-corrected chi connectivity index (χ0v) is 23.5. The lowest BCUT2D eigenvalue weighted by atomic mass is 10.1. The lowest BCUT2D eigenvalue weighted by Gasteiger charge is -2.15. The minimum Gasteiger partial charge on any atom is -0.490 e. The number of carbonyl (C=O) groups excluding carboxylic acids is 1. The maximum absolute atomic E-state index is 12.6. The third-order valence-corrected chi connectivity index (χ3v) is 5.90. The van der Waals surface area contributed by atoms with E-state index in [0.717, 1.165) is 9.13 Å². The number of nitrogens with zero attached hydrogens (tertiary/aromatic N) is 1. The smallest absolute Gasteiger partial charge is 0.335 e. The Labute approximate surface area is 234 Å². The van der Waals surface area contributed by atoms with Gasteiger partial charge in [-0.1, -0.05) is 12.1 Å². The topological polar surface area (TPSA) is 116 Å². The highest BCUT2D eigenvalue weighted by atomic mass is 127. The van der Waals surface area contributed by atoms with E-state index in [9.17, 15) is 9.59 Å². The Balaban J connectivity index is 1.70. The van der Waals surface area contributed by atoms with Crippen LogP contribution >= 0.6 is 22.6 Å². The monoisotopic (exact) mass is 632 g/mol. The first-order valence-electron chi connectivity index (χ1n) is 12.0. The fourth-order valence-corrected chi connectivity index (χ4v) is 4.17. The third kappa shape index (κ3) is 7.85. The van der Waals surface area contributed by atoms with Crippen LogP contribution in [0.25, 0.3) is 0 Å². The van der Waals surface area contributed by atoms with Gasteiger partial charge in [0.1, 0.15) is 6.61 Å². The maximum atomic E-state index is 12.6. The van der Waals surface area contributed by atoms with Gasteiger partial charge in [0.25, 0.3) is 5.91 Å². The van der Waals surface area contributed by atoms with Crippen LogP contribution in [0.4, 0.5) is 0 Å². The van der Waals surface area contributed by atoms with E-state index in [4.69, 9.17) is 24.1 Å². The van der Waals surface area contributed by atoms with Crippen LogP contribution in [0.5, 0.6) is 23.0 Å². The average molecular weight is 632 g/mol. The van der Waals surface area contributed by atoms with Crippen LogP contribution < -0.4 is 24.4 Å². The molecule has 38 heavy (non-hydrogen) atoms. The molecule has 0 aliphatic carbocycles. The van der Waals surface area contributed by atoms with E-state index in [0.29, 0.717) is 53.9 Å². The number of carboxylic acid groups (broad SMARTS) is 1. The summed E-state index contributed by atoms with van der Waals surface area (Å²) in [5, 5.41) is 13.2. The summed E-state index contributed by atoms with van der Waals surface area (Å²) in [5.74, 6) is 0.797. The van der Waals surface area contributed by atoms with Crippen molar-refractivity contribution in [2.45, 2.75) is 27.4 Å². The standard InChI is InChI=1S/C28H29IN2O7/c1-4-35-23-12-11-21(15-24(23)36-5-2)27(32)31-30-16-19-13-22(29)26(25(14-19)37-6-3)38-17-18-7-9-20(10-8-18)28(33)34/h7-16H,4-6,17H2,1-3H3,(H,31,32)(H,33,34)/b30-16+. The predicted molar refractivity (Wildman–Crippen MR) is 152 cm³/mol. The highest BCUT2D eigenvalue weighted by Gasteiger charge is 2.14. The number of rotatable bonds is 13. The molecule has 0 aromatic heterocycles. The molecule has 0 heterocycles. The van der Waals surface area contributed by atoms with Crippen molar-refractivity contribution in [3.8, 4) is 23.0 Å². The Kier molecular flexibility index (Phi) is 10.8. The highest BCUT2D eigenvalue weighted by Crippen LogP contribution is 2.34. The number of hydrazone groups is 1. The van der Waals surface area contributed by atoms with Crippen LogP contribution in [0.2, 0.25) is 0 Å². The van der Waals surface area contributed by atoms with E-state index < -0.39 is 5.97 Å². The molecule has 0 radical (unpaired) electrons. The van der Waals surface area contributed by atoms with Gasteiger partial charge in [0.2, 0.25) is 0 Å². The summed E-state index contributed by atoms with van der Waals surface area (Å²) < 4.78 is 23.7. The molecular formula is C28H29IN2O7. The number of ether oxygens (including phenoxy) is 4. The summed E-state index contributed by atoms with van der Waals surface area (Å²) >= 11 is 2.15. The van der Waals surface area contributed by atoms with E-state index in [1.54, 1.807) is 36.4 Å². The molecule has 0 saturated heterocycles. The van der Waals surface area contributed by atoms with Gasteiger partial charge in [-0.05, 0) is 97.0 Å². The highest BCUT2D eigenvalue weighted by molar-refractivity contribution is 14.1. The second kappa shape index (κ2) is 14.2. The van der Waals surface area contributed by atoms with Crippen LogP contribution in [0.3, 0.4) is 0 Å². The van der Waals surface area contributed by atoms with Gasteiger partial charge in [0.05, 0.1) is 35.2 Å². The summed E-state index contributed by atoms with van der Waals surface area (Å²) in [6.45, 7) is 7.21. The van der Waals surface area contributed by atoms with Crippen LogP contribution in [0.1, 0.15) is 52.6 Å². The SMILES string of the molecule is CCOc1ccc(C(=O)N/N=C/c2cc(I)c(OCc3ccc(C(=O)O)cc3)c(OCC)c2)cc1OCC. The molecule has 10 heteroatoms. The number of carboxylic acids is 1. The molecule has 0 fully saturated rings.